The Bertz CT molecular complexity index is 677. The molecular formula is C14H16ClN3O2. The van der Waals surface area contributed by atoms with Crippen molar-refractivity contribution in [3.63, 3.8) is 0 Å². The minimum atomic E-state index is -0.131. The lowest BCUT2D eigenvalue weighted by atomic mass is 10.1. The summed E-state index contributed by atoms with van der Waals surface area (Å²) in [5, 5.41) is 4.10. The number of fused-ring (bicyclic) bond motifs is 1. The largest absolute Gasteiger partial charge is 0.336 e. The minimum absolute atomic E-state index is 0. The molecular weight excluding hydrogens is 278 g/mol. The van der Waals surface area contributed by atoms with E-state index in [9.17, 15) is 9.59 Å². The average Bonchev–Trinajstić information content (AvgIpc) is 2.47. The van der Waals surface area contributed by atoms with Crippen molar-refractivity contribution in [3.8, 4) is 0 Å². The summed E-state index contributed by atoms with van der Waals surface area (Å²) in [7, 11) is 0. The van der Waals surface area contributed by atoms with Crippen molar-refractivity contribution in [1.82, 2.24) is 15.2 Å². The van der Waals surface area contributed by atoms with E-state index in [2.05, 4.69) is 10.3 Å². The molecule has 106 valence electrons. The molecule has 0 saturated carbocycles. The van der Waals surface area contributed by atoms with E-state index in [0.717, 1.165) is 37.1 Å². The number of rotatable bonds is 1. The number of aromatic amines is 1. The zero-order valence-electron chi connectivity index (χ0n) is 10.9. The van der Waals surface area contributed by atoms with Gasteiger partial charge in [0.1, 0.15) is 0 Å². The van der Waals surface area contributed by atoms with Gasteiger partial charge < -0.3 is 15.2 Å². The topological polar surface area (TPSA) is 65.2 Å². The molecule has 3 rings (SSSR count). The summed E-state index contributed by atoms with van der Waals surface area (Å²) < 4.78 is 0. The van der Waals surface area contributed by atoms with E-state index in [0.29, 0.717) is 5.56 Å². The van der Waals surface area contributed by atoms with E-state index < -0.39 is 0 Å². The number of piperazine rings is 1. The van der Waals surface area contributed by atoms with Crippen LogP contribution in [0.2, 0.25) is 0 Å². The molecule has 2 aromatic rings. The lowest BCUT2D eigenvalue weighted by Gasteiger charge is -2.27. The maximum Gasteiger partial charge on any atom is 0.253 e. The summed E-state index contributed by atoms with van der Waals surface area (Å²) in [5.41, 5.74) is 1.29. The van der Waals surface area contributed by atoms with E-state index in [1.807, 2.05) is 11.0 Å². The number of nitrogens with zero attached hydrogens (tertiary/aromatic N) is 1. The molecule has 5 nitrogen and oxygen atoms in total. The average molecular weight is 294 g/mol. The predicted molar refractivity (Wildman–Crippen MR) is 80.6 cm³/mol. The molecule has 1 aliphatic heterocycles. The Morgan fingerprint density at radius 1 is 1.10 bits per heavy atom. The highest BCUT2D eigenvalue weighted by molar-refractivity contribution is 5.98. The SMILES string of the molecule is Cl.O=C(c1ccc2[nH]c(=O)ccc2c1)N1CCNCC1. The Morgan fingerprint density at radius 2 is 1.85 bits per heavy atom. The first-order valence-electron chi connectivity index (χ1n) is 6.37. The van der Waals surface area contributed by atoms with Crippen LogP contribution in [0.15, 0.2) is 35.1 Å². The zero-order valence-corrected chi connectivity index (χ0v) is 11.7. The molecule has 2 heterocycles. The van der Waals surface area contributed by atoms with E-state index in [-0.39, 0.29) is 23.9 Å². The van der Waals surface area contributed by atoms with Crippen LogP contribution in [-0.2, 0) is 0 Å². The molecule has 1 amide bonds. The quantitative estimate of drug-likeness (QED) is 0.824. The number of benzene rings is 1. The Morgan fingerprint density at radius 3 is 2.60 bits per heavy atom. The fraction of sp³-hybridized carbons (Fsp3) is 0.286. The van der Waals surface area contributed by atoms with Crippen molar-refractivity contribution >= 4 is 29.2 Å². The summed E-state index contributed by atoms with van der Waals surface area (Å²) in [6.07, 6.45) is 0. The summed E-state index contributed by atoms with van der Waals surface area (Å²) in [4.78, 5) is 28.1. The van der Waals surface area contributed by atoms with Crippen LogP contribution in [0.1, 0.15) is 10.4 Å². The van der Waals surface area contributed by atoms with Crippen molar-refractivity contribution < 1.29 is 4.79 Å². The Kier molecular flexibility index (Phi) is 4.42. The number of carbonyl (C=O) groups excluding carboxylic acids is 1. The van der Waals surface area contributed by atoms with Crippen molar-refractivity contribution in [2.45, 2.75) is 0 Å². The highest BCUT2D eigenvalue weighted by Crippen LogP contribution is 2.14. The van der Waals surface area contributed by atoms with Gasteiger partial charge in [0.2, 0.25) is 5.56 Å². The summed E-state index contributed by atoms with van der Waals surface area (Å²) in [6, 6.07) is 8.59. The van der Waals surface area contributed by atoms with Crippen molar-refractivity contribution in [1.29, 1.82) is 0 Å². The lowest BCUT2D eigenvalue weighted by Crippen LogP contribution is -2.46. The number of amides is 1. The van der Waals surface area contributed by atoms with Gasteiger partial charge in [-0.1, -0.05) is 0 Å². The second-order valence-corrected chi connectivity index (χ2v) is 4.67. The number of aromatic nitrogens is 1. The van der Waals surface area contributed by atoms with Crippen LogP contribution >= 0.6 is 12.4 Å². The van der Waals surface area contributed by atoms with E-state index in [1.54, 1.807) is 18.2 Å². The van der Waals surface area contributed by atoms with E-state index in [1.165, 1.54) is 6.07 Å². The third kappa shape index (κ3) is 2.84. The first kappa shape index (κ1) is 14.6. The Labute approximate surface area is 122 Å². The monoisotopic (exact) mass is 293 g/mol. The van der Waals surface area contributed by atoms with Gasteiger partial charge in [-0.2, -0.15) is 0 Å². The maximum atomic E-state index is 12.3. The fourth-order valence-corrected chi connectivity index (χ4v) is 2.34. The maximum absolute atomic E-state index is 12.3. The third-order valence-electron chi connectivity index (χ3n) is 3.37. The number of nitrogens with one attached hydrogen (secondary N) is 2. The molecule has 2 N–H and O–H groups in total. The molecule has 1 aromatic heterocycles. The van der Waals surface area contributed by atoms with Crippen LogP contribution in [0.5, 0.6) is 0 Å². The smallest absolute Gasteiger partial charge is 0.253 e. The Hall–Kier alpha value is -1.85. The first-order valence-corrected chi connectivity index (χ1v) is 6.37. The van der Waals surface area contributed by atoms with Gasteiger partial charge in [-0.05, 0) is 29.7 Å². The van der Waals surface area contributed by atoms with Crippen LogP contribution in [0.4, 0.5) is 0 Å². The van der Waals surface area contributed by atoms with Crippen LogP contribution in [-0.4, -0.2) is 42.0 Å². The second kappa shape index (κ2) is 6.07. The number of pyridine rings is 1. The van der Waals surface area contributed by atoms with E-state index in [4.69, 9.17) is 0 Å². The van der Waals surface area contributed by atoms with E-state index >= 15 is 0 Å². The van der Waals surface area contributed by atoms with Gasteiger partial charge >= 0.3 is 0 Å². The zero-order chi connectivity index (χ0) is 13.2. The Balaban J connectivity index is 0.00000147. The fourth-order valence-electron chi connectivity index (χ4n) is 2.34. The molecule has 1 aliphatic rings. The molecule has 1 fully saturated rings. The molecule has 1 saturated heterocycles. The van der Waals surface area contributed by atoms with Gasteiger partial charge in [0.15, 0.2) is 0 Å². The van der Waals surface area contributed by atoms with Gasteiger partial charge in [0, 0.05) is 43.3 Å². The van der Waals surface area contributed by atoms with Gasteiger partial charge in [-0.3, -0.25) is 9.59 Å². The standard InChI is InChI=1S/C14H15N3O2.ClH/c18-13-4-2-10-9-11(1-3-12(10)16-13)14(19)17-7-5-15-6-8-17;/h1-4,9,15H,5-8H2,(H,16,18);1H. The lowest BCUT2D eigenvalue weighted by molar-refractivity contribution is 0.0736. The number of hydrogen-bond acceptors (Lipinski definition) is 3. The van der Waals surface area contributed by atoms with Crippen molar-refractivity contribution in [2.24, 2.45) is 0 Å². The highest BCUT2D eigenvalue weighted by atomic mass is 35.5. The molecule has 6 heteroatoms. The molecule has 0 atom stereocenters. The van der Waals surface area contributed by atoms with Crippen molar-refractivity contribution in [2.75, 3.05) is 26.2 Å². The molecule has 1 aromatic carbocycles. The van der Waals surface area contributed by atoms with Crippen LogP contribution in [0.3, 0.4) is 0 Å². The summed E-state index contributed by atoms with van der Waals surface area (Å²) in [6.45, 7) is 3.16. The van der Waals surface area contributed by atoms with Crippen LogP contribution in [0, 0.1) is 0 Å². The number of halogens is 1. The summed E-state index contributed by atoms with van der Waals surface area (Å²) >= 11 is 0. The molecule has 0 unspecified atom stereocenters. The number of H-pyrrole nitrogens is 1. The van der Waals surface area contributed by atoms with Gasteiger partial charge in [-0.25, -0.2) is 0 Å². The second-order valence-electron chi connectivity index (χ2n) is 4.67. The van der Waals surface area contributed by atoms with Gasteiger partial charge in [-0.15, -0.1) is 12.4 Å². The normalized spacial score (nSPS) is 14.9. The molecule has 20 heavy (non-hydrogen) atoms. The highest BCUT2D eigenvalue weighted by Gasteiger charge is 2.17. The molecule has 0 aliphatic carbocycles. The molecule has 0 radical (unpaired) electrons. The van der Waals surface area contributed by atoms with Gasteiger partial charge in [0.25, 0.3) is 5.91 Å². The summed E-state index contributed by atoms with van der Waals surface area (Å²) in [5.74, 6) is 0.0506. The molecule has 0 spiro atoms. The first-order chi connectivity index (χ1) is 9.24. The predicted octanol–water partition coefficient (Wildman–Crippen LogP) is 0.995. The van der Waals surface area contributed by atoms with Crippen LogP contribution < -0.4 is 10.9 Å². The van der Waals surface area contributed by atoms with Gasteiger partial charge in [0.05, 0.1) is 0 Å². The van der Waals surface area contributed by atoms with Crippen LogP contribution in [0.25, 0.3) is 10.9 Å². The minimum Gasteiger partial charge on any atom is -0.336 e. The third-order valence-corrected chi connectivity index (χ3v) is 3.37. The number of carbonyl (C=O) groups is 1. The molecule has 0 bridgehead atoms. The van der Waals surface area contributed by atoms with Crippen molar-refractivity contribution in [3.05, 3.63) is 46.2 Å². The number of hydrogen-bond donors (Lipinski definition) is 2.